The first-order valence-corrected chi connectivity index (χ1v) is 8.20. The van der Waals surface area contributed by atoms with Crippen LogP contribution in [0.5, 0.6) is 0 Å². The fourth-order valence-electron chi connectivity index (χ4n) is 2.55. The van der Waals surface area contributed by atoms with Crippen LogP contribution in [0.25, 0.3) is 10.6 Å². The molecule has 0 spiro atoms. The van der Waals surface area contributed by atoms with E-state index in [0.29, 0.717) is 10.6 Å². The van der Waals surface area contributed by atoms with E-state index in [0.717, 1.165) is 36.5 Å². The number of benzene rings is 1. The first kappa shape index (κ1) is 20.8. The number of halogens is 3. The molecule has 1 saturated heterocycles. The van der Waals surface area contributed by atoms with Crippen LogP contribution in [0.4, 0.5) is 4.39 Å². The molecule has 24 heavy (non-hydrogen) atoms. The summed E-state index contributed by atoms with van der Waals surface area (Å²) in [6.45, 7) is 3.66. The molecule has 1 aromatic carbocycles. The second kappa shape index (κ2) is 9.32. The number of rotatable bonds is 3. The average molecular weight is 392 g/mol. The number of hydrogen-bond acceptors (Lipinski definition) is 4. The van der Waals surface area contributed by atoms with Crippen LogP contribution >= 0.6 is 36.2 Å². The van der Waals surface area contributed by atoms with Crippen molar-refractivity contribution in [1.82, 2.24) is 15.6 Å². The molecule has 1 aromatic heterocycles. The minimum atomic E-state index is -0.278. The Hall–Kier alpha value is -1.21. The van der Waals surface area contributed by atoms with Gasteiger partial charge in [-0.25, -0.2) is 9.37 Å². The third-order valence-electron chi connectivity index (χ3n) is 3.73. The maximum absolute atomic E-state index is 13.0. The number of amides is 1. The number of thiazole rings is 1. The molecule has 2 aromatic rings. The van der Waals surface area contributed by atoms with Crippen LogP contribution in [0.2, 0.25) is 0 Å². The normalized spacial score (nSPS) is 16.7. The maximum Gasteiger partial charge on any atom is 0.263 e. The first-order chi connectivity index (χ1) is 10.6. The molecule has 2 N–H and O–H groups in total. The standard InChI is InChI=1S/C16H18FN3OS.2ClH/c1-10-14(15(21)20-13-3-2-8-18-9-13)22-16(19-10)11-4-6-12(17)7-5-11;;/h4-7,13,18H,2-3,8-9H2,1H3,(H,20,21);2*1H. The molecule has 1 unspecified atom stereocenters. The fourth-order valence-corrected chi connectivity index (χ4v) is 3.52. The van der Waals surface area contributed by atoms with Crippen molar-refractivity contribution in [3.8, 4) is 10.6 Å². The number of carbonyl (C=O) groups excluding carboxylic acids is 1. The molecule has 4 nitrogen and oxygen atoms in total. The van der Waals surface area contributed by atoms with Crippen LogP contribution in [-0.4, -0.2) is 30.0 Å². The lowest BCUT2D eigenvalue weighted by atomic mass is 10.1. The lowest BCUT2D eigenvalue weighted by Crippen LogP contribution is -2.45. The molecule has 3 rings (SSSR count). The zero-order valence-electron chi connectivity index (χ0n) is 13.2. The van der Waals surface area contributed by atoms with Gasteiger partial charge in [-0.1, -0.05) is 0 Å². The van der Waals surface area contributed by atoms with Crippen molar-refractivity contribution in [1.29, 1.82) is 0 Å². The van der Waals surface area contributed by atoms with Crippen LogP contribution < -0.4 is 10.6 Å². The second-order valence-corrected chi connectivity index (χ2v) is 6.46. The van der Waals surface area contributed by atoms with Gasteiger partial charge in [0.15, 0.2) is 0 Å². The molecule has 0 radical (unpaired) electrons. The lowest BCUT2D eigenvalue weighted by molar-refractivity contribution is 0.0934. The summed E-state index contributed by atoms with van der Waals surface area (Å²) in [5.74, 6) is -0.350. The van der Waals surface area contributed by atoms with Crippen molar-refractivity contribution in [2.75, 3.05) is 13.1 Å². The summed E-state index contributed by atoms with van der Waals surface area (Å²) >= 11 is 1.35. The van der Waals surface area contributed by atoms with Gasteiger partial charge < -0.3 is 10.6 Å². The van der Waals surface area contributed by atoms with Crippen LogP contribution in [0.3, 0.4) is 0 Å². The van der Waals surface area contributed by atoms with Crippen LogP contribution in [0, 0.1) is 12.7 Å². The highest BCUT2D eigenvalue weighted by Crippen LogP contribution is 2.28. The number of carbonyl (C=O) groups is 1. The number of nitrogens with zero attached hydrogens (tertiary/aromatic N) is 1. The Balaban J connectivity index is 0.00000144. The van der Waals surface area contributed by atoms with Gasteiger partial charge in [-0.3, -0.25) is 4.79 Å². The van der Waals surface area contributed by atoms with Gasteiger partial charge in [0.1, 0.15) is 15.7 Å². The Morgan fingerprint density at radius 3 is 2.67 bits per heavy atom. The zero-order chi connectivity index (χ0) is 15.5. The summed E-state index contributed by atoms with van der Waals surface area (Å²) in [4.78, 5) is 17.5. The van der Waals surface area contributed by atoms with E-state index in [9.17, 15) is 9.18 Å². The van der Waals surface area contributed by atoms with Gasteiger partial charge in [0, 0.05) is 18.2 Å². The Morgan fingerprint density at radius 2 is 2.04 bits per heavy atom. The number of aromatic nitrogens is 1. The summed E-state index contributed by atoms with van der Waals surface area (Å²) in [7, 11) is 0. The van der Waals surface area contributed by atoms with Gasteiger partial charge in [-0.2, -0.15) is 0 Å². The van der Waals surface area contributed by atoms with E-state index in [1.165, 1.54) is 23.5 Å². The van der Waals surface area contributed by atoms with Gasteiger partial charge in [0.2, 0.25) is 0 Å². The van der Waals surface area contributed by atoms with Gasteiger partial charge in [0.05, 0.1) is 5.69 Å². The first-order valence-electron chi connectivity index (χ1n) is 7.38. The van der Waals surface area contributed by atoms with Gasteiger partial charge in [0.25, 0.3) is 5.91 Å². The molecule has 0 saturated carbocycles. The van der Waals surface area contributed by atoms with Crippen LogP contribution in [0.15, 0.2) is 24.3 Å². The lowest BCUT2D eigenvalue weighted by Gasteiger charge is -2.23. The molecule has 0 aliphatic carbocycles. The summed E-state index contributed by atoms with van der Waals surface area (Å²) in [6, 6.07) is 6.34. The van der Waals surface area contributed by atoms with E-state index in [-0.39, 0.29) is 42.6 Å². The summed E-state index contributed by atoms with van der Waals surface area (Å²) in [6.07, 6.45) is 2.08. The highest BCUT2D eigenvalue weighted by Gasteiger charge is 2.20. The Labute approximate surface area is 157 Å². The maximum atomic E-state index is 13.0. The fraction of sp³-hybridized carbons (Fsp3) is 0.375. The van der Waals surface area contributed by atoms with Crippen molar-refractivity contribution in [3.63, 3.8) is 0 Å². The van der Waals surface area contributed by atoms with Crippen molar-refractivity contribution in [2.45, 2.75) is 25.8 Å². The highest BCUT2D eigenvalue weighted by atomic mass is 35.5. The molecule has 1 aliphatic heterocycles. The van der Waals surface area contributed by atoms with E-state index >= 15 is 0 Å². The van der Waals surface area contributed by atoms with Crippen molar-refractivity contribution in [2.24, 2.45) is 0 Å². The second-order valence-electron chi connectivity index (χ2n) is 5.46. The van der Waals surface area contributed by atoms with Crippen molar-refractivity contribution >= 4 is 42.1 Å². The number of aryl methyl sites for hydroxylation is 1. The van der Waals surface area contributed by atoms with E-state index in [4.69, 9.17) is 0 Å². The predicted octanol–water partition coefficient (Wildman–Crippen LogP) is 3.58. The minimum Gasteiger partial charge on any atom is -0.347 e. The molecule has 1 fully saturated rings. The van der Waals surface area contributed by atoms with Crippen molar-refractivity contribution in [3.05, 3.63) is 40.7 Å². The molecule has 2 heterocycles. The van der Waals surface area contributed by atoms with Crippen LogP contribution in [0.1, 0.15) is 28.2 Å². The van der Waals surface area contributed by atoms with Crippen molar-refractivity contribution < 1.29 is 9.18 Å². The highest BCUT2D eigenvalue weighted by molar-refractivity contribution is 7.17. The summed E-state index contributed by atoms with van der Waals surface area (Å²) in [5, 5.41) is 7.08. The SMILES string of the molecule is Cc1nc(-c2ccc(F)cc2)sc1C(=O)NC1CCCNC1.Cl.Cl. The topological polar surface area (TPSA) is 54.0 Å². The average Bonchev–Trinajstić information content (AvgIpc) is 2.91. The summed E-state index contributed by atoms with van der Waals surface area (Å²) < 4.78 is 13.0. The Kier molecular flexibility index (Phi) is 8.09. The molecular formula is C16H20Cl2FN3OS. The molecular weight excluding hydrogens is 372 g/mol. The van der Waals surface area contributed by atoms with E-state index in [2.05, 4.69) is 15.6 Å². The summed E-state index contributed by atoms with van der Waals surface area (Å²) in [5.41, 5.74) is 1.54. The van der Waals surface area contributed by atoms with Gasteiger partial charge in [-0.05, 0) is 50.6 Å². The largest absolute Gasteiger partial charge is 0.347 e. The smallest absolute Gasteiger partial charge is 0.263 e. The Morgan fingerprint density at radius 1 is 1.33 bits per heavy atom. The van der Waals surface area contributed by atoms with Gasteiger partial charge >= 0.3 is 0 Å². The Bertz CT molecular complexity index is 672. The monoisotopic (exact) mass is 391 g/mol. The number of hydrogen-bond donors (Lipinski definition) is 2. The van der Waals surface area contributed by atoms with Gasteiger partial charge in [-0.15, -0.1) is 36.2 Å². The molecule has 1 atom stereocenters. The molecule has 1 amide bonds. The predicted molar refractivity (Wildman–Crippen MR) is 100 cm³/mol. The zero-order valence-corrected chi connectivity index (χ0v) is 15.6. The van der Waals surface area contributed by atoms with Crippen LogP contribution in [-0.2, 0) is 0 Å². The number of piperidine rings is 1. The third kappa shape index (κ3) is 4.89. The molecule has 0 bridgehead atoms. The minimum absolute atomic E-state index is 0. The molecule has 8 heteroatoms. The van der Waals surface area contributed by atoms with E-state index < -0.39 is 0 Å². The number of nitrogens with one attached hydrogen (secondary N) is 2. The third-order valence-corrected chi connectivity index (χ3v) is 4.93. The van der Waals surface area contributed by atoms with E-state index in [1.807, 2.05) is 6.92 Å². The molecule has 132 valence electrons. The molecule has 1 aliphatic rings. The van der Waals surface area contributed by atoms with E-state index in [1.54, 1.807) is 12.1 Å². The quantitative estimate of drug-likeness (QED) is 0.840.